The normalized spacial score (nSPS) is 11.1. The van der Waals surface area contributed by atoms with Crippen LogP contribution in [0.25, 0.3) is 0 Å². The Hall–Kier alpha value is -2.34. The Morgan fingerprint density at radius 3 is 2.48 bits per heavy atom. The molecule has 0 spiro atoms. The van der Waals surface area contributed by atoms with E-state index < -0.39 is 0 Å². The van der Waals surface area contributed by atoms with Crippen LogP contribution in [0.4, 0.5) is 0 Å². The van der Waals surface area contributed by atoms with E-state index in [0.29, 0.717) is 6.54 Å². The summed E-state index contributed by atoms with van der Waals surface area (Å²) in [5.74, 6) is 3.20. The molecule has 0 heterocycles. The number of methoxy groups -OCH3 is 2. The van der Waals surface area contributed by atoms with Crippen molar-refractivity contribution in [2.24, 2.45) is 4.99 Å². The highest BCUT2D eigenvalue weighted by molar-refractivity contribution is 7.99. The number of hydrogen-bond acceptors (Lipinski definition) is 4. The van der Waals surface area contributed by atoms with E-state index in [1.54, 1.807) is 21.3 Å². The van der Waals surface area contributed by atoms with Gasteiger partial charge in [-0.1, -0.05) is 30.3 Å². The van der Waals surface area contributed by atoms with Crippen molar-refractivity contribution in [3.05, 3.63) is 54.1 Å². The molecular formula is C19H25N3O2S. The number of thioether (sulfide) groups is 1. The van der Waals surface area contributed by atoms with Crippen LogP contribution in [0.15, 0.2) is 58.4 Å². The van der Waals surface area contributed by atoms with E-state index in [4.69, 9.17) is 9.47 Å². The highest BCUT2D eigenvalue weighted by Gasteiger charge is 2.09. The zero-order chi connectivity index (χ0) is 17.9. The molecular weight excluding hydrogens is 334 g/mol. The maximum atomic E-state index is 5.45. The second-order valence-electron chi connectivity index (χ2n) is 5.17. The molecule has 0 amide bonds. The fraction of sp³-hybridized carbons (Fsp3) is 0.316. The molecule has 0 radical (unpaired) electrons. The molecule has 0 fully saturated rings. The summed E-state index contributed by atoms with van der Waals surface area (Å²) in [5, 5.41) is 6.63. The van der Waals surface area contributed by atoms with Crippen LogP contribution in [0.2, 0.25) is 0 Å². The number of hydrogen-bond donors (Lipinski definition) is 2. The minimum atomic E-state index is 0.603. The molecule has 0 aromatic heterocycles. The molecule has 2 rings (SSSR count). The van der Waals surface area contributed by atoms with Gasteiger partial charge in [0.05, 0.1) is 14.2 Å². The summed E-state index contributed by atoms with van der Waals surface area (Å²) >= 11 is 1.82. The minimum absolute atomic E-state index is 0.603. The van der Waals surface area contributed by atoms with Crippen LogP contribution in [-0.2, 0) is 6.54 Å². The minimum Gasteiger partial charge on any atom is -0.493 e. The first-order chi connectivity index (χ1) is 12.3. The maximum Gasteiger partial charge on any atom is 0.191 e. The number of rotatable bonds is 8. The van der Waals surface area contributed by atoms with E-state index in [1.165, 1.54) is 4.90 Å². The number of guanidine groups is 1. The first kappa shape index (κ1) is 19.0. The van der Waals surface area contributed by atoms with E-state index in [-0.39, 0.29) is 0 Å². The Balaban J connectivity index is 1.81. The first-order valence-corrected chi connectivity index (χ1v) is 9.09. The molecule has 0 aliphatic carbocycles. The monoisotopic (exact) mass is 359 g/mol. The van der Waals surface area contributed by atoms with Crippen molar-refractivity contribution in [2.75, 3.05) is 33.6 Å². The van der Waals surface area contributed by atoms with Crippen molar-refractivity contribution >= 4 is 17.7 Å². The molecule has 0 unspecified atom stereocenters. The van der Waals surface area contributed by atoms with Crippen molar-refractivity contribution in [2.45, 2.75) is 11.4 Å². The van der Waals surface area contributed by atoms with Crippen molar-refractivity contribution < 1.29 is 9.47 Å². The molecule has 0 aliphatic heterocycles. The van der Waals surface area contributed by atoms with Crippen LogP contribution >= 0.6 is 11.8 Å². The fourth-order valence-electron chi connectivity index (χ4n) is 2.35. The van der Waals surface area contributed by atoms with Crippen LogP contribution in [0.1, 0.15) is 5.56 Å². The molecule has 2 N–H and O–H groups in total. The zero-order valence-electron chi connectivity index (χ0n) is 14.9. The van der Waals surface area contributed by atoms with Gasteiger partial charge >= 0.3 is 0 Å². The maximum absolute atomic E-state index is 5.45. The van der Waals surface area contributed by atoms with Crippen LogP contribution < -0.4 is 20.1 Å². The molecule has 0 saturated heterocycles. The van der Waals surface area contributed by atoms with E-state index in [0.717, 1.165) is 35.3 Å². The van der Waals surface area contributed by atoms with Gasteiger partial charge < -0.3 is 20.1 Å². The van der Waals surface area contributed by atoms with Crippen LogP contribution in [-0.4, -0.2) is 39.5 Å². The Labute approximate surface area is 153 Å². The Kier molecular flexibility index (Phi) is 7.98. The standard InChI is InChI=1S/C19H25N3O2S/c1-20-19(21-12-13-25-16-9-5-4-6-10-16)22-14-15-8-7-11-17(23-2)18(15)24-3/h4-11H,12-14H2,1-3H3,(H2,20,21,22). The molecule has 2 aromatic rings. The third-order valence-electron chi connectivity index (χ3n) is 3.56. The van der Waals surface area contributed by atoms with Crippen molar-refractivity contribution in [1.29, 1.82) is 0 Å². The molecule has 0 aliphatic rings. The Bertz CT molecular complexity index is 678. The highest BCUT2D eigenvalue weighted by Crippen LogP contribution is 2.30. The van der Waals surface area contributed by atoms with E-state index >= 15 is 0 Å². The van der Waals surface area contributed by atoms with E-state index in [9.17, 15) is 0 Å². The summed E-state index contributed by atoms with van der Waals surface area (Å²) in [7, 11) is 5.05. The molecule has 0 saturated carbocycles. The molecule has 0 atom stereocenters. The first-order valence-electron chi connectivity index (χ1n) is 8.10. The lowest BCUT2D eigenvalue weighted by molar-refractivity contribution is 0.351. The average Bonchev–Trinajstić information content (AvgIpc) is 2.67. The number of nitrogens with one attached hydrogen (secondary N) is 2. The van der Waals surface area contributed by atoms with Crippen molar-refractivity contribution in [1.82, 2.24) is 10.6 Å². The van der Waals surface area contributed by atoms with Crippen LogP contribution in [0.5, 0.6) is 11.5 Å². The number of benzene rings is 2. The SMILES string of the molecule is CN=C(NCCSc1ccccc1)NCc1cccc(OC)c1OC. The Morgan fingerprint density at radius 2 is 1.80 bits per heavy atom. The number of aliphatic imine (C=N–C) groups is 1. The summed E-state index contributed by atoms with van der Waals surface area (Å²) in [5.41, 5.74) is 1.02. The number of nitrogens with zero attached hydrogens (tertiary/aromatic N) is 1. The Morgan fingerprint density at radius 1 is 1.00 bits per heavy atom. The van der Waals surface area contributed by atoms with Gasteiger partial charge in [0.1, 0.15) is 0 Å². The largest absolute Gasteiger partial charge is 0.493 e. The second-order valence-corrected chi connectivity index (χ2v) is 6.34. The molecule has 0 bridgehead atoms. The summed E-state index contributed by atoms with van der Waals surface area (Å²) in [6, 6.07) is 16.2. The van der Waals surface area contributed by atoms with Gasteiger partial charge in [-0.3, -0.25) is 4.99 Å². The number of para-hydroxylation sites is 1. The lowest BCUT2D eigenvalue weighted by atomic mass is 10.2. The van der Waals surface area contributed by atoms with Gasteiger partial charge in [-0.25, -0.2) is 0 Å². The fourth-order valence-corrected chi connectivity index (χ4v) is 3.14. The molecule has 5 nitrogen and oxygen atoms in total. The van der Waals surface area contributed by atoms with E-state index in [1.807, 2.05) is 36.0 Å². The molecule has 134 valence electrons. The van der Waals surface area contributed by atoms with Gasteiger partial charge in [0, 0.05) is 36.3 Å². The zero-order valence-corrected chi connectivity index (χ0v) is 15.7. The predicted octanol–water partition coefficient (Wildman–Crippen LogP) is 3.16. The third-order valence-corrected chi connectivity index (χ3v) is 4.57. The number of ether oxygens (including phenoxy) is 2. The van der Waals surface area contributed by atoms with Gasteiger partial charge in [0.25, 0.3) is 0 Å². The van der Waals surface area contributed by atoms with Gasteiger partial charge in [-0.2, -0.15) is 0 Å². The summed E-state index contributed by atoms with van der Waals surface area (Å²) in [6.07, 6.45) is 0. The topological polar surface area (TPSA) is 54.9 Å². The summed E-state index contributed by atoms with van der Waals surface area (Å²) in [4.78, 5) is 5.53. The smallest absolute Gasteiger partial charge is 0.191 e. The van der Waals surface area contributed by atoms with Crippen molar-refractivity contribution in [3.8, 4) is 11.5 Å². The van der Waals surface area contributed by atoms with Crippen LogP contribution in [0.3, 0.4) is 0 Å². The molecule has 2 aromatic carbocycles. The quantitative estimate of drug-likeness (QED) is 0.328. The van der Waals surface area contributed by atoms with Gasteiger partial charge in [0.15, 0.2) is 17.5 Å². The van der Waals surface area contributed by atoms with E-state index in [2.05, 4.69) is 39.9 Å². The van der Waals surface area contributed by atoms with Crippen LogP contribution in [0, 0.1) is 0 Å². The molecule has 6 heteroatoms. The van der Waals surface area contributed by atoms with Gasteiger partial charge in [-0.05, 0) is 18.2 Å². The highest BCUT2D eigenvalue weighted by atomic mass is 32.2. The van der Waals surface area contributed by atoms with Gasteiger partial charge in [0.2, 0.25) is 0 Å². The second kappa shape index (κ2) is 10.5. The van der Waals surface area contributed by atoms with Gasteiger partial charge in [-0.15, -0.1) is 11.8 Å². The van der Waals surface area contributed by atoms with Crippen molar-refractivity contribution in [3.63, 3.8) is 0 Å². The lowest BCUT2D eigenvalue weighted by Crippen LogP contribution is -2.38. The lowest BCUT2D eigenvalue weighted by Gasteiger charge is -2.15. The summed E-state index contributed by atoms with van der Waals surface area (Å²) in [6.45, 7) is 1.43. The predicted molar refractivity (Wildman–Crippen MR) is 105 cm³/mol. The molecule has 25 heavy (non-hydrogen) atoms. The summed E-state index contributed by atoms with van der Waals surface area (Å²) < 4.78 is 10.8. The third kappa shape index (κ3) is 5.90. The average molecular weight is 359 g/mol.